The van der Waals surface area contributed by atoms with Gasteiger partial charge in [-0.15, -0.1) is 0 Å². The smallest absolute Gasteiger partial charge is 0.337 e. The molecule has 0 amide bonds. The number of carboxylic acids is 1. The van der Waals surface area contributed by atoms with Gasteiger partial charge in [0.2, 0.25) is 0 Å². The topological polar surface area (TPSA) is 62.2 Å². The van der Waals surface area contributed by atoms with Gasteiger partial charge >= 0.3 is 5.97 Å². The Balaban J connectivity index is 2.44. The maximum atomic E-state index is 10.9. The molecule has 0 unspecified atom stereocenters. The van der Waals surface area contributed by atoms with Gasteiger partial charge < -0.3 is 10.4 Å². The molecule has 4 heteroatoms. The number of nitrogens with one attached hydrogen (secondary N) is 1. The second kappa shape index (κ2) is 6.82. The predicted molar refractivity (Wildman–Crippen MR) is 63.8 cm³/mol. The van der Waals surface area contributed by atoms with Crippen LogP contribution in [0, 0.1) is 0 Å². The maximum absolute atomic E-state index is 10.9. The Labute approximate surface area is 95.7 Å². The first kappa shape index (κ1) is 12.5. The number of hydrogen-bond donors (Lipinski definition) is 2. The summed E-state index contributed by atoms with van der Waals surface area (Å²) in [5.41, 5.74) is 0.886. The molecule has 88 valence electrons. The first-order valence-electron chi connectivity index (χ1n) is 5.67. The molecule has 1 aromatic heterocycles. The van der Waals surface area contributed by atoms with Gasteiger partial charge in [-0.3, -0.25) is 4.98 Å². The SMILES string of the molecule is CCCCCCNc1cnccc1C(=O)O. The van der Waals surface area contributed by atoms with Crippen molar-refractivity contribution in [2.45, 2.75) is 32.6 Å². The van der Waals surface area contributed by atoms with Crippen LogP contribution in [0.15, 0.2) is 18.5 Å². The standard InChI is InChI=1S/C12H18N2O2/c1-2-3-4-5-7-14-11-9-13-8-6-10(11)12(15)16/h6,8-9,14H,2-5,7H2,1H3,(H,15,16). The zero-order chi connectivity index (χ0) is 11.8. The van der Waals surface area contributed by atoms with Gasteiger partial charge in [-0.25, -0.2) is 4.79 Å². The van der Waals surface area contributed by atoms with Crippen LogP contribution in [0.2, 0.25) is 0 Å². The third-order valence-electron chi connectivity index (χ3n) is 2.40. The highest BCUT2D eigenvalue weighted by atomic mass is 16.4. The molecule has 0 aliphatic heterocycles. The molecule has 0 saturated heterocycles. The Morgan fingerprint density at radius 1 is 1.44 bits per heavy atom. The van der Waals surface area contributed by atoms with Gasteiger partial charge in [0.15, 0.2) is 0 Å². The molecule has 0 fully saturated rings. The highest BCUT2D eigenvalue weighted by molar-refractivity contribution is 5.93. The van der Waals surface area contributed by atoms with Crippen LogP contribution < -0.4 is 5.32 Å². The Kier molecular flexibility index (Phi) is 5.32. The van der Waals surface area contributed by atoms with Crippen molar-refractivity contribution >= 4 is 11.7 Å². The largest absolute Gasteiger partial charge is 0.478 e. The lowest BCUT2D eigenvalue weighted by molar-refractivity contribution is 0.0698. The van der Waals surface area contributed by atoms with Crippen molar-refractivity contribution in [1.29, 1.82) is 0 Å². The molecule has 0 aliphatic rings. The molecule has 0 aromatic carbocycles. The van der Waals surface area contributed by atoms with E-state index in [1.807, 2.05) is 0 Å². The minimum atomic E-state index is -0.918. The molecule has 1 rings (SSSR count). The Bertz CT molecular complexity index is 340. The fourth-order valence-electron chi connectivity index (χ4n) is 1.50. The molecule has 0 aliphatic carbocycles. The van der Waals surface area contributed by atoms with Gasteiger partial charge in [0.05, 0.1) is 17.4 Å². The van der Waals surface area contributed by atoms with Crippen LogP contribution in [0.25, 0.3) is 0 Å². The molecule has 0 spiro atoms. The zero-order valence-electron chi connectivity index (χ0n) is 9.57. The van der Waals surface area contributed by atoms with Gasteiger partial charge in [0, 0.05) is 12.7 Å². The number of carboxylic acid groups (broad SMARTS) is 1. The molecule has 0 saturated carbocycles. The molecule has 1 aromatic rings. The number of rotatable bonds is 7. The average molecular weight is 222 g/mol. The first-order chi connectivity index (χ1) is 7.75. The van der Waals surface area contributed by atoms with Gasteiger partial charge in [0.25, 0.3) is 0 Å². The van der Waals surface area contributed by atoms with Crippen molar-refractivity contribution in [2.24, 2.45) is 0 Å². The van der Waals surface area contributed by atoms with E-state index in [4.69, 9.17) is 5.11 Å². The predicted octanol–water partition coefficient (Wildman–Crippen LogP) is 2.77. The Morgan fingerprint density at radius 3 is 2.94 bits per heavy atom. The van der Waals surface area contributed by atoms with Gasteiger partial charge in [-0.1, -0.05) is 26.2 Å². The van der Waals surface area contributed by atoms with E-state index < -0.39 is 5.97 Å². The normalized spacial score (nSPS) is 10.1. The van der Waals surface area contributed by atoms with Crippen LogP contribution in [0.5, 0.6) is 0 Å². The fraction of sp³-hybridized carbons (Fsp3) is 0.500. The molecule has 16 heavy (non-hydrogen) atoms. The summed E-state index contributed by atoms with van der Waals surface area (Å²) in [6.07, 6.45) is 7.71. The molecular weight excluding hydrogens is 204 g/mol. The first-order valence-corrected chi connectivity index (χ1v) is 5.67. The lowest BCUT2D eigenvalue weighted by Gasteiger charge is -2.08. The number of carbonyl (C=O) groups is 1. The Morgan fingerprint density at radius 2 is 2.25 bits per heavy atom. The number of hydrogen-bond acceptors (Lipinski definition) is 3. The van der Waals surface area contributed by atoms with E-state index in [1.165, 1.54) is 31.5 Å². The minimum absolute atomic E-state index is 0.283. The Hall–Kier alpha value is -1.58. The summed E-state index contributed by atoms with van der Waals surface area (Å²) in [6.45, 7) is 2.96. The molecule has 2 N–H and O–H groups in total. The number of nitrogens with zero attached hydrogens (tertiary/aromatic N) is 1. The zero-order valence-corrected chi connectivity index (χ0v) is 9.57. The van der Waals surface area contributed by atoms with Crippen LogP contribution in [0.4, 0.5) is 5.69 Å². The molecule has 0 bridgehead atoms. The molecule has 0 radical (unpaired) electrons. The number of unbranched alkanes of at least 4 members (excludes halogenated alkanes) is 3. The van der Waals surface area contributed by atoms with Crippen LogP contribution >= 0.6 is 0 Å². The quantitative estimate of drug-likeness (QED) is 0.696. The van der Waals surface area contributed by atoms with E-state index in [1.54, 1.807) is 6.20 Å². The van der Waals surface area contributed by atoms with Gasteiger partial charge in [-0.05, 0) is 12.5 Å². The second-order valence-electron chi connectivity index (χ2n) is 3.71. The van der Waals surface area contributed by atoms with Crippen molar-refractivity contribution in [3.63, 3.8) is 0 Å². The third-order valence-corrected chi connectivity index (χ3v) is 2.40. The highest BCUT2D eigenvalue weighted by Crippen LogP contribution is 2.13. The monoisotopic (exact) mass is 222 g/mol. The number of aromatic nitrogens is 1. The lowest BCUT2D eigenvalue weighted by atomic mass is 10.2. The van der Waals surface area contributed by atoms with E-state index >= 15 is 0 Å². The summed E-state index contributed by atoms with van der Waals surface area (Å²) in [5, 5.41) is 12.0. The van der Waals surface area contributed by atoms with E-state index in [2.05, 4.69) is 17.2 Å². The summed E-state index contributed by atoms with van der Waals surface area (Å²) < 4.78 is 0. The lowest BCUT2D eigenvalue weighted by Crippen LogP contribution is -2.08. The van der Waals surface area contributed by atoms with Crippen LogP contribution in [-0.4, -0.2) is 22.6 Å². The summed E-state index contributed by atoms with van der Waals surface area (Å²) in [6, 6.07) is 1.51. The summed E-state index contributed by atoms with van der Waals surface area (Å²) in [7, 11) is 0. The summed E-state index contributed by atoms with van der Waals surface area (Å²) in [4.78, 5) is 14.8. The number of pyridine rings is 1. The van der Waals surface area contributed by atoms with Crippen molar-refractivity contribution in [3.05, 3.63) is 24.0 Å². The average Bonchev–Trinajstić information content (AvgIpc) is 2.29. The number of aromatic carboxylic acids is 1. The van der Waals surface area contributed by atoms with Gasteiger partial charge in [-0.2, -0.15) is 0 Å². The third kappa shape index (κ3) is 3.88. The van der Waals surface area contributed by atoms with Crippen LogP contribution in [0.1, 0.15) is 43.0 Å². The molecule has 4 nitrogen and oxygen atoms in total. The van der Waals surface area contributed by atoms with Crippen molar-refractivity contribution in [2.75, 3.05) is 11.9 Å². The van der Waals surface area contributed by atoms with Crippen molar-refractivity contribution in [1.82, 2.24) is 4.98 Å². The molecular formula is C12H18N2O2. The fourth-order valence-corrected chi connectivity index (χ4v) is 1.50. The summed E-state index contributed by atoms with van der Waals surface area (Å²) in [5.74, 6) is -0.918. The van der Waals surface area contributed by atoms with Crippen molar-refractivity contribution < 1.29 is 9.90 Å². The molecule has 1 heterocycles. The van der Waals surface area contributed by atoms with Gasteiger partial charge in [0.1, 0.15) is 0 Å². The van der Waals surface area contributed by atoms with E-state index in [9.17, 15) is 4.79 Å². The van der Waals surface area contributed by atoms with E-state index in [-0.39, 0.29) is 5.56 Å². The van der Waals surface area contributed by atoms with Crippen LogP contribution in [-0.2, 0) is 0 Å². The second-order valence-corrected chi connectivity index (χ2v) is 3.71. The van der Waals surface area contributed by atoms with Crippen LogP contribution in [0.3, 0.4) is 0 Å². The van der Waals surface area contributed by atoms with E-state index in [0.29, 0.717) is 5.69 Å². The molecule has 0 atom stereocenters. The highest BCUT2D eigenvalue weighted by Gasteiger charge is 2.08. The van der Waals surface area contributed by atoms with Crippen molar-refractivity contribution in [3.8, 4) is 0 Å². The number of anilines is 1. The van der Waals surface area contributed by atoms with E-state index in [0.717, 1.165) is 13.0 Å². The summed E-state index contributed by atoms with van der Waals surface area (Å²) >= 11 is 0. The maximum Gasteiger partial charge on any atom is 0.337 e. The minimum Gasteiger partial charge on any atom is -0.478 e.